The van der Waals surface area contributed by atoms with Gasteiger partial charge in [-0.25, -0.2) is 4.39 Å². The molecule has 1 amide bonds. The van der Waals surface area contributed by atoms with E-state index in [9.17, 15) is 9.18 Å². The highest BCUT2D eigenvalue weighted by Crippen LogP contribution is 2.32. The van der Waals surface area contributed by atoms with Crippen LogP contribution in [0.1, 0.15) is 5.69 Å². The van der Waals surface area contributed by atoms with Gasteiger partial charge in [0, 0.05) is 23.4 Å². The van der Waals surface area contributed by atoms with Crippen molar-refractivity contribution in [3.8, 4) is 22.8 Å². The van der Waals surface area contributed by atoms with Crippen LogP contribution in [0.4, 0.5) is 10.1 Å². The van der Waals surface area contributed by atoms with Gasteiger partial charge in [0.15, 0.2) is 17.3 Å². The lowest BCUT2D eigenvalue weighted by Gasteiger charge is -2.19. The van der Waals surface area contributed by atoms with E-state index in [1.54, 1.807) is 36.4 Å². The average molecular weight is 384 g/mol. The predicted molar refractivity (Wildman–Crippen MR) is 97.6 cm³/mol. The van der Waals surface area contributed by atoms with Crippen LogP contribution in [0.15, 0.2) is 53.1 Å². The molecule has 8 heteroatoms. The van der Waals surface area contributed by atoms with Crippen LogP contribution in [0, 0.1) is 5.82 Å². The van der Waals surface area contributed by atoms with Gasteiger partial charge in [-0.15, -0.1) is 0 Å². The summed E-state index contributed by atoms with van der Waals surface area (Å²) in [5, 5.41) is 6.62. The molecule has 3 aromatic rings. The number of nitrogens with one attached hydrogen (secondary N) is 1. The fraction of sp³-hybridized carbons (Fsp3) is 0.200. The molecule has 7 nitrogen and oxygen atoms in total. The van der Waals surface area contributed by atoms with Gasteiger partial charge in [-0.05, 0) is 36.4 Å². The van der Waals surface area contributed by atoms with Crippen molar-refractivity contribution in [3.05, 3.63) is 60.0 Å². The molecule has 0 unspecified atom stereocenters. The quantitative estimate of drug-likeness (QED) is 0.701. The van der Waals surface area contributed by atoms with E-state index < -0.39 is 0 Å². The number of anilines is 1. The summed E-state index contributed by atoms with van der Waals surface area (Å²) in [6.07, 6.45) is 0. The molecule has 1 N–H and O–H groups in total. The number of benzene rings is 2. The van der Waals surface area contributed by atoms with Crippen LogP contribution < -0.4 is 14.8 Å². The van der Waals surface area contributed by atoms with Crippen LogP contribution >= 0.6 is 0 Å². The maximum Gasteiger partial charge on any atom is 0.250 e. The minimum atomic E-state index is -0.323. The van der Waals surface area contributed by atoms with Crippen molar-refractivity contribution in [1.82, 2.24) is 5.16 Å². The zero-order chi connectivity index (χ0) is 19.3. The molecule has 0 atom stereocenters. The summed E-state index contributed by atoms with van der Waals surface area (Å²) in [4.78, 5) is 12.0. The topological polar surface area (TPSA) is 82.8 Å². The third-order valence-corrected chi connectivity index (χ3v) is 4.00. The smallest absolute Gasteiger partial charge is 0.250 e. The third kappa shape index (κ3) is 4.29. The SMILES string of the molecule is O=C(COCc1cc(-c2ccc(F)cc2)on1)Nc1ccc2c(c1)OCCO2. The molecule has 0 saturated carbocycles. The Labute approximate surface area is 160 Å². The van der Waals surface area contributed by atoms with Crippen LogP contribution in [-0.2, 0) is 16.1 Å². The van der Waals surface area contributed by atoms with Gasteiger partial charge < -0.3 is 24.1 Å². The molecule has 1 aromatic heterocycles. The maximum atomic E-state index is 13.0. The minimum Gasteiger partial charge on any atom is -0.486 e. The predicted octanol–water partition coefficient (Wildman–Crippen LogP) is 3.41. The van der Waals surface area contributed by atoms with Crippen molar-refractivity contribution in [1.29, 1.82) is 0 Å². The summed E-state index contributed by atoms with van der Waals surface area (Å²) in [5.41, 5.74) is 1.83. The molecular formula is C20H17FN2O5. The summed E-state index contributed by atoms with van der Waals surface area (Å²) in [5.74, 6) is 1.12. The first-order valence-electron chi connectivity index (χ1n) is 8.66. The Bertz CT molecular complexity index is 971. The van der Waals surface area contributed by atoms with E-state index in [0.29, 0.717) is 47.4 Å². The van der Waals surface area contributed by atoms with Crippen LogP contribution in [0.3, 0.4) is 0 Å². The number of fused-ring (bicyclic) bond motifs is 1. The van der Waals surface area contributed by atoms with Crippen LogP contribution in [-0.4, -0.2) is 30.9 Å². The van der Waals surface area contributed by atoms with E-state index >= 15 is 0 Å². The maximum absolute atomic E-state index is 13.0. The summed E-state index contributed by atoms with van der Waals surface area (Å²) in [6, 6.07) is 12.8. The lowest BCUT2D eigenvalue weighted by Crippen LogP contribution is -2.19. The second-order valence-corrected chi connectivity index (χ2v) is 6.09. The van der Waals surface area contributed by atoms with Gasteiger partial charge >= 0.3 is 0 Å². The van der Waals surface area contributed by atoms with Gasteiger partial charge in [0.25, 0.3) is 0 Å². The lowest BCUT2D eigenvalue weighted by atomic mass is 10.1. The number of halogens is 1. The molecule has 1 aliphatic rings. The fourth-order valence-electron chi connectivity index (χ4n) is 2.70. The number of nitrogens with zero attached hydrogens (tertiary/aromatic N) is 1. The Morgan fingerprint density at radius 3 is 2.68 bits per heavy atom. The molecule has 2 aromatic carbocycles. The lowest BCUT2D eigenvalue weighted by molar-refractivity contribution is -0.121. The fourth-order valence-corrected chi connectivity index (χ4v) is 2.70. The van der Waals surface area contributed by atoms with Gasteiger partial charge in [0.2, 0.25) is 5.91 Å². The molecule has 2 heterocycles. The molecule has 0 spiro atoms. The summed E-state index contributed by atoms with van der Waals surface area (Å²) in [6.45, 7) is 0.953. The van der Waals surface area contributed by atoms with Gasteiger partial charge in [-0.1, -0.05) is 5.16 Å². The van der Waals surface area contributed by atoms with Gasteiger partial charge in [-0.2, -0.15) is 0 Å². The zero-order valence-electron chi connectivity index (χ0n) is 14.8. The average Bonchev–Trinajstić information content (AvgIpc) is 3.17. The molecule has 4 rings (SSSR count). The summed E-state index contributed by atoms with van der Waals surface area (Å²) in [7, 11) is 0. The van der Waals surface area contributed by atoms with Crippen LogP contribution in [0.25, 0.3) is 11.3 Å². The second kappa shape index (κ2) is 8.10. The van der Waals surface area contributed by atoms with Crippen molar-refractivity contribution in [2.24, 2.45) is 0 Å². The van der Waals surface area contributed by atoms with E-state index in [0.717, 1.165) is 0 Å². The number of carbonyl (C=O) groups excluding carboxylic acids is 1. The number of carbonyl (C=O) groups is 1. The monoisotopic (exact) mass is 384 g/mol. The third-order valence-electron chi connectivity index (χ3n) is 4.00. The van der Waals surface area contributed by atoms with Crippen molar-refractivity contribution < 1.29 is 27.9 Å². The Morgan fingerprint density at radius 2 is 1.86 bits per heavy atom. The van der Waals surface area contributed by atoms with Crippen molar-refractivity contribution in [2.75, 3.05) is 25.1 Å². The summed E-state index contributed by atoms with van der Waals surface area (Å²) >= 11 is 0. The first kappa shape index (κ1) is 18.0. The molecule has 0 bridgehead atoms. The number of amides is 1. The van der Waals surface area contributed by atoms with Crippen molar-refractivity contribution in [2.45, 2.75) is 6.61 Å². The Morgan fingerprint density at radius 1 is 1.07 bits per heavy atom. The number of aromatic nitrogens is 1. The Kier molecular flexibility index (Phi) is 5.20. The molecule has 1 aliphatic heterocycles. The van der Waals surface area contributed by atoms with Crippen molar-refractivity contribution in [3.63, 3.8) is 0 Å². The Hall–Kier alpha value is -3.39. The van der Waals surface area contributed by atoms with Crippen molar-refractivity contribution >= 4 is 11.6 Å². The first-order valence-corrected chi connectivity index (χ1v) is 8.66. The largest absolute Gasteiger partial charge is 0.486 e. The van der Waals surface area contributed by atoms with E-state index in [-0.39, 0.29) is 24.9 Å². The molecule has 144 valence electrons. The standard InChI is InChI=1S/C20H17FN2O5/c21-14-3-1-13(2-4-14)18-10-16(23-28-18)11-25-12-20(24)22-15-5-6-17-19(9-15)27-8-7-26-17/h1-6,9-10H,7-8,11-12H2,(H,22,24). The Balaban J connectivity index is 1.27. The summed E-state index contributed by atoms with van der Waals surface area (Å²) < 4.78 is 34.5. The molecule has 0 aliphatic carbocycles. The van der Waals surface area contributed by atoms with Gasteiger partial charge in [-0.3, -0.25) is 4.79 Å². The molecular weight excluding hydrogens is 367 g/mol. The van der Waals surface area contributed by atoms with E-state index in [4.69, 9.17) is 18.7 Å². The van der Waals surface area contributed by atoms with Gasteiger partial charge in [0.1, 0.15) is 31.3 Å². The van der Waals surface area contributed by atoms with E-state index in [2.05, 4.69) is 10.5 Å². The molecule has 0 saturated heterocycles. The highest BCUT2D eigenvalue weighted by molar-refractivity contribution is 5.92. The molecule has 0 fully saturated rings. The number of ether oxygens (including phenoxy) is 3. The number of hydrogen-bond donors (Lipinski definition) is 1. The normalized spacial score (nSPS) is 12.6. The van der Waals surface area contributed by atoms with E-state index in [1.165, 1.54) is 12.1 Å². The van der Waals surface area contributed by atoms with Gasteiger partial charge in [0.05, 0.1) is 6.61 Å². The number of hydrogen-bond acceptors (Lipinski definition) is 6. The van der Waals surface area contributed by atoms with E-state index in [1.807, 2.05) is 0 Å². The highest BCUT2D eigenvalue weighted by atomic mass is 19.1. The molecule has 0 radical (unpaired) electrons. The van der Waals surface area contributed by atoms with Crippen LogP contribution in [0.5, 0.6) is 11.5 Å². The first-order chi connectivity index (χ1) is 13.7. The minimum absolute atomic E-state index is 0.110. The zero-order valence-corrected chi connectivity index (χ0v) is 14.8. The second-order valence-electron chi connectivity index (χ2n) is 6.09. The molecule has 28 heavy (non-hydrogen) atoms. The highest BCUT2D eigenvalue weighted by Gasteiger charge is 2.13. The van der Waals surface area contributed by atoms with Crippen LogP contribution in [0.2, 0.25) is 0 Å². The number of rotatable bonds is 6.